The Morgan fingerprint density at radius 2 is 1.95 bits per heavy atom. The first kappa shape index (κ1) is 15.9. The molecule has 0 amide bonds. The number of thioether (sulfide) groups is 1. The van der Waals surface area contributed by atoms with Crippen LogP contribution in [-0.2, 0) is 13.6 Å². The zero-order valence-electron chi connectivity index (χ0n) is 13.6. The SMILES string of the molecule is Cc1nn(C)c(SCC2CCCC2)c1CNC(C)(C)C. The molecule has 2 rings (SSSR count). The predicted octanol–water partition coefficient (Wildman–Crippen LogP) is 3.90. The smallest absolute Gasteiger partial charge is 0.0984 e. The molecule has 1 aliphatic carbocycles. The molecule has 0 saturated heterocycles. The van der Waals surface area contributed by atoms with Gasteiger partial charge in [0.15, 0.2) is 0 Å². The maximum Gasteiger partial charge on any atom is 0.0984 e. The van der Waals surface area contributed by atoms with Gasteiger partial charge in [-0.15, -0.1) is 11.8 Å². The third kappa shape index (κ3) is 4.26. The third-order valence-electron chi connectivity index (χ3n) is 4.01. The van der Waals surface area contributed by atoms with Crippen LogP contribution < -0.4 is 5.32 Å². The monoisotopic (exact) mass is 295 g/mol. The number of aromatic nitrogens is 2. The second-order valence-electron chi connectivity index (χ2n) is 7.06. The van der Waals surface area contributed by atoms with Crippen molar-refractivity contribution >= 4 is 11.8 Å². The van der Waals surface area contributed by atoms with Gasteiger partial charge in [-0.05, 0) is 46.5 Å². The summed E-state index contributed by atoms with van der Waals surface area (Å²) < 4.78 is 2.06. The van der Waals surface area contributed by atoms with Gasteiger partial charge in [0.25, 0.3) is 0 Å². The van der Waals surface area contributed by atoms with E-state index in [1.807, 2.05) is 11.8 Å². The van der Waals surface area contributed by atoms with Gasteiger partial charge in [0.05, 0.1) is 10.7 Å². The van der Waals surface area contributed by atoms with E-state index in [9.17, 15) is 0 Å². The Morgan fingerprint density at radius 3 is 2.55 bits per heavy atom. The highest BCUT2D eigenvalue weighted by Gasteiger charge is 2.20. The number of aryl methyl sites for hydroxylation is 2. The van der Waals surface area contributed by atoms with Crippen molar-refractivity contribution in [3.05, 3.63) is 11.3 Å². The van der Waals surface area contributed by atoms with Crippen molar-refractivity contribution in [2.24, 2.45) is 13.0 Å². The Hall–Kier alpha value is -0.480. The number of nitrogens with one attached hydrogen (secondary N) is 1. The van der Waals surface area contributed by atoms with Gasteiger partial charge < -0.3 is 5.32 Å². The molecule has 0 aliphatic heterocycles. The summed E-state index contributed by atoms with van der Waals surface area (Å²) in [6.45, 7) is 9.67. The van der Waals surface area contributed by atoms with Crippen molar-refractivity contribution in [2.45, 2.75) is 70.5 Å². The minimum Gasteiger partial charge on any atom is -0.308 e. The van der Waals surface area contributed by atoms with Gasteiger partial charge in [-0.2, -0.15) is 5.10 Å². The molecule has 0 atom stereocenters. The lowest BCUT2D eigenvalue weighted by molar-refractivity contribution is 0.421. The fourth-order valence-electron chi connectivity index (χ4n) is 2.79. The minimum absolute atomic E-state index is 0.148. The van der Waals surface area contributed by atoms with E-state index in [-0.39, 0.29) is 5.54 Å². The van der Waals surface area contributed by atoms with Gasteiger partial charge in [-0.1, -0.05) is 12.8 Å². The standard InChI is InChI=1S/C16H29N3S/c1-12-14(10-17-16(2,3)4)15(19(5)18-12)20-11-13-8-6-7-9-13/h13,17H,6-11H2,1-5H3. The summed E-state index contributed by atoms with van der Waals surface area (Å²) in [6.07, 6.45) is 5.68. The zero-order chi connectivity index (χ0) is 14.8. The molecule has 20 heavy (non-hydrogen) atoms. The molecule has 0 radical (unpaired) electrons. The Bertz CT molecular complexity index is 439. The molecule has 3 nitrogen and oxygen atoms in total. The average Bonchev–Trinajstić information content (AvgIpc) is 2.92. The van der Waals surface area contributed by atoms with Crippen molar-refractivity contribution in [2.75, 3.05) is 5.75 Å². The molecule has 114 valence electrons. The molecule has 0 bridgehead atoms. The molecule has 1 fully saturated rings. The topological polar surface area (TPSA) is 29.9 Å². The van der Waals surface area contributed by atoms with E-state index in [1.165, 1.54) is 42.0 Å². The predicted molar refractivity (Wildman–Crippen MR) is 87.2 cm³/mol. The summed E-state index contributed by atoms with van der Waals surface area (Å²) in [5, 5.41) is 9.56. The normalized spacial score (nSPS) is 17.1. The van der Waals surface area contributed by atoms with E-state index >= 15 is 0 Å². The van der Waals surface area contributed by atoms with E-state index in [0.717, 1.165) is 18.2 Å². The summed E-state index contributed by atoms with van der Waals surface area (Å²) in [4.78, 5) is 0. The highest BCUT2D eigenvalue weighted by atomic mass is 32.2. The van der Waals surface area contributed by atoms with Crippen LogP contribution in [0.4, 0.5) is 0 Å². The Kier molecular flexibility index (Phi) is 5.19. The lowest BCUT2D eigenvalue weighted by atomic mass is 10.1. The highest BCUT2D eigenvalue weighted by Crippen LogP contribution is 2.33. The maximum atomic E-state index is 4.61. The number of hydrogen-bond acceptors (Lipinski definition) is 3. The van der Waals surface area contributed by atoms with Gasteiger partial charge in [-0.3, -0.25) is 4.68 Å². The van der Waals surface area contributed by atoms with Crippen molar-refractivity contribution < 1.29 is 0 Å². The Balaban J connectivity index is 2.02. The first-order valence-electron chi connectivity index (χ1n) is 7.77. The molecule has 1 heterocycles. The van der Waals surface area contributed by atoms with E-state index in [0.29, 0.717) is 0 Å². The molecular formula is C16H29N3S. The van der Waals surface area contributed by atoms with E-state index in [2.05, 4.69) is 49.8 Å². The Morgan fingerprint density at radius 1 is 1.30 bits per heavy atom. The molecule has 0 aromatic carbocycles. The lowest BCUT2D eigenvalue weighted by Crippen LogP contribution is -2.35. The van der Waals surface area contributed by atoms with Crippen molar-refractivity contribution in [3.8, 4) is 0 Å². The van der Waals surface area contributed by atoms with E-state index in [1.54, 1.807) is 0 Å². The molecule has 4 heteroatoms. The second-order valence-corrected chi connectivity index (χ2v) is 8.07. The quantitative estimate of drug-likeness (QED) is 0.836. The van der Waals surface area contributed by atoms with Gasteiger partial charge in [0.2, 0.25) is 0 Å². The molecule has 0 spiro atoms. The average molecular weight is 295 g/mol. The van der Waals surface area contributed by atoms with Gasteiger partial charge in [-0.25, -0.2) is 0 Å². The zero-order valence-corrected chi connectivity index (χ0v) is 14.4. The van der Waals surface area contributed by atoms with Crippen LogP contribution in [0.25, 0.3) is 0 Å². The Labute approximate surface area is 127 Å². The summed E-state index contributed by atoms with van der Waals surface area (Å²) in [6, 6.07) is 0. The lowest BCUT2D eigenvalue weighted by Gasteiger charge is -2.21. The van der Waals surface area contributed by atoms with Gasteiger partial charge in [0.1, 0.15) is 0 Å². The van der Waals surface area contributed by atoms with Crippen molar-refractivity contribution in [3.63, 3.8) is 0 Å². The molecular weight excluding hydrogens is 266 g/mol. The third-order valence-corrected chi connectivity index (χ3v) is 5.44. The second kappa shape index (κ2) is 6.52. The largest absolute Gasteiger partial charge is 0.308 e. The van der Waals surface area contributed by atoms with Crippen LogP contribution >= 0.6 is 11.8 Å². The molecule has 0 unspecified atom stereocenters. The van der Waals surface area contributed by atoms with E-state index < -0.39 is 0 Å². The van der Waals surface area contributed by atoms with Crippen LogP contribution in [0.5, 0.6) is 0 Å². The van der Waals surface area contributed by atoms with Crippen molar-refractivity contribution in [1.82, 2.24) is 15.1 Å². The van der Waals surface area contributed by atoms with Crippen LogP contribution in [0.15, 0.2) is 5.03 Å². The van der Waals surface area contributed by atoms with Gasteiger partial charge >= 0.3 is 0 Å². The molecule has 1 aromatic rings. The summed E-state index contributed by atoms with van der Waals surface area (Å²) in [5.74, 6) is 2.17. The fraction of sp³-hybridized carbons (Fsp3) is 0.812. The van der Waals surface area contributed by atoms with E-state index in [4.69, 9.17) is 0 Å². The highest BCUT2D eigenvalue weighted by molar-refractivity contribution is 7.99. The minimum atomic E-state index is 0.148. The van der Waals surface area contributed by atoms with Gasteiger partial charge in [0, 0.05) is 30.4 Å². The number of hydrogen-bond donors (Lipinski definition) is 1. The van der Waals surface area contributed by atoms with Crippen LogP contribution in [0, 0.1) is 12.8 Å². The van der Waals surface area contributed by atoms with Crippen LogP contribution in [0.1, 0.15) is 57.7 Å². The summed E-state index contributed by atoms with van der Waals surface area (Å²) in [7, 11) is 2.07. The summed E-state index contributed by atoms with van der Waals surface area (Å²) >= 11 is 2.00. The molecule has 1 saturated carbocycles. The molecule has 1 aromatic heterocycles. The van der Waals surface area contributed by atoms with Crippen LogP contribution in [0.3, 0.4) is 0 Å². The fourth-order valence-corrected chi connectivity index (χ4v) is 4.14. The maximum absolute atomic E-state index is 4.61. The molecule has 1 N–H and O–H groups in total. The first-order valence-corrected chi connectivity index (χ1v) is 8.75. The summed E-state index contributed by atoms with van der Waals surface area (Å²) in [5.41, 5.74) is 2.69. The van der Waals surface area contributed by atoms with Crippen LogP contribution in [0.2, 0.25) is 0 Å². The number of nitrogens with zero attached hydrogens (tertiary/aromatic N) is 2. The van der Waals surface area contributed by atoms with Crippen LogP contribution in [-0.4, -0.2) is 21.1 Å². The molecule has 1 aliphatic rings. The first-order chi connectivity index (χ1) is 9.37. The van der Waals surface area contributed by atoms with Crippen molar-refractivity contribution in [1.29, 1.82) is 0 Å². The number of rotatable bonds is 5.